The van der Waals surface area contributed by atoms with Crippen molar-refractivity contribution in [3.05, 3.63) is 53.9 Å². The van der Waals surface area contributed by atoms with Gasteiger partial charge < -0.3 is 10.8 Å². The Morgan fingerprint density at radius 3 is 2.55 bits per heavy atom. The third-order valence-electron chi connectivity index (χ3n) is 3.17. The molecule has 5 heteroatoms. The summed E-state index contributed by atoms with van der Waals surface area (Å²) >= 11 is 0. The molecule has 0 atom stereocenters. The molecule has 1 aromatic carbocycles. The van der Waals surface area contributed by atoms with E-state index >= 15 is 0 Å². The number of nitrogen functional groups attached to an aromatic ring is 1. The summed E-state index contributed by atoms with van der Waals surface area (Å²) in [6, 6.07) is 11.1. The van der Waals surface area contributed by atoms with Crippen molar-refractivity contribution >= 4 is 17.2 Å². The fourth-order valence-corrected chi connectivity index (χ4v) is 2.17. The highest BCUT2D eigenvalue weighted by Crippen LogP contribution is 2.24. The molecule has 0 saturated carbocycles. The van der Waals surface area contributed by atoms with Crippen LogP contribution < -0.4 is 5.73 Å². The number of imidazole rings is 1. The first kappa shape index (κ1) is 12.2. The molecule has 3 rings (SSSR count). The van der Waals surface area contributed by atoms with Crippen LogP contribution in [0.1, 0.15) is 16.1 Å². The van der Waals surface area contributed by atoms with E-state index in [0.717, 1.165) is 11.1 Å². The number of aromatic carboxylic acids is 1. The van der Waals surface area contributed by atoms with E-state index in [-0.39, 0.29) is 5.69 Å². The van der Waals surface area contributed by atoms with Crippen LogP contribution in [-0.4, -0.2) is 20.5 Å². The molecule has 0 bridgehead atoms. The number of fused-ring (bicyclic) bond motifs is 1. The molecule has 100 valence electrons. The van der Waals surface area contributed by atoms with E-state index in [1.54, 1.807) is 22.7 Å². The second kappa shape index (κ2) is 4.38. The first-order valence-electron chi connectivity index (χ1n) is 6.14. The van der Waals surface area contributed by atoms with Gasteiger partial charge in [0.25, 0.3) is 0 Å². The van der Waals surface area contributed by atoms with Gasteiger partial charge in [0.15, 0.2) is 5.69 Å². The Hall–Kier alpha value is -2.82. The zero-order chi connectivity index (χ0) is 14.3. The van der Waals surface area contributed by atoms with Crippen LogP contribution in [0.3, 0.4) is 0 Å². The van der Waals surface area contributed by atoms with Gasteiger partial charge in [0.1, 0.15) is 5.82 Å². The molecular formula is C15H13N3O2. The SMILES string of the molecule is Cc1ccc(-c2nc(C(=O)O)c3ccc(N)cn23)cc1. The summed E-state index contributed by atoms with van der Waals surface area (Å²) in [5.41, 5.74) is 8.88. The third-order valence-corrected chi connectivity index (χ3v) is 3.17. The normalized spacial score (nSPS) is 10.8. The standard InChI is InChI=1S/C15H13N3O2/c1-9-2-4-10(5-3-9)14-17-13(15(19)20)12-7-6-11(16)8-18(12)14/h2-8H,16H2,1H3,(H,19,20). The Morgan fingerprint density at radius 1 is 1.20 bits per heavy atom. The maximum atomic E-state index is 11.3. The number of aryl methyl sites for hydroxylation is 1. The number of hydrogen-bond acceptors (Lipinski definition) is 3. The van der Waals surface area contributed by atoms with Crippen molar-refractivity contribution in [2.75, 3.05) is 5.73 Å². The van der Waals surface area contributed by atoms with Gasteiger partial charge in [-0.15, -0.1) is 0 Å². The van der Waals surface area contributed by atoms with E-state index in [4.69, 9.17) is 5.73 Å². The molecule has 0 spiro atoms. The molecule has 0 aliphatic rings. The Labute approximate surface area is 115 Å². The predicted octanol–water partition coefficient (Wildman–Crippen LogP) is 2.59. The summed E-state index contributed by atoms with van der Waals surface area (Å²) in [4.78, 5) is 15.5. The molecule has 0 aliphatic carbocycles. The molecule has 3 aromatic rings. The van der Waals surface area contributed by atoms with Crippen molar-refractivity contribution in [3.63, 3.8) is 0 Å². The lowest BCUT2D eigenvalue weighted by Crippen LogP contribution is -1.97. The second-order valence-electron chi connectivity index (χ2n) is 4.67. The molecule has 0 unspecified atom stereocenters. The predicted molar refractivity (Wildman–Crippen MR) is 76.7 cm³/mol. The van der Waals surface area contributed by atoms with Gasteiger partial charge in [0.05, 0.1) is 5.52 Å². The fourth-order valence-electron chi connectivity index (χ4n) is 2.17. The lowest BCUT2D eigenvalue weighted by molar-refractivity contribution is 0.0693. The Morgan fingerprint density at radius 2 is 1.90 bits per heavy atom. The van der Waals surface area contributed by atoms with Gasteiger partial charge in [-0.1, -0.05) is 29.8 Å². The molecule has 3 N–H and O–H groups in total. The van der Waals surface area contributed by atoms with Gasteiger partial charge in [-0.2, -0.15) is 0 Å². The van der Waals surface area contributed by atoms with Gasteiger partial charge >= 0.3 is 5.97 Å². The Kier molecular flexibility index (Phi) is 2.68. The highest BCUT2D eigenvalue weighted by Gasteiger charge is 2.17. The maximum Gasteiger partial charge on any atom is 0.356 e. The molecular weight excluding hydrogens is 254 g/mol. The van der Waals surface area contributed by atoms with E-state index in [2.05, 4.69) is 4.98 Å². The molecule has 5 nitrogen and oxygen atoms in total. The summed E-state index contributed by atoms with van der Waals surface area (Å²) < 4.78 is 1.71. The van der Waals surface area contributed by atoms with Crippen molar-refractivity contribution in [2.24, 2.45) is 0 Å². The number of carboxylic acids is 1. The highest BCUT2D eigenvalue weighted by atomic mass is 16.4. The number of benzene rings is 1. The number of nitrogens with zero attached hydrogens (tertiary/aromatic N) is 2. The smallest absolute Gasteiger partial charge is 0.356 e. The van der Waals surface area contributed by atoms with Crippen LogP contribution in [0.5, 0.6) is 0 Å². The molecule has 0 fully saturated rings. The summed E-state index contributed by atoms with van der Waals surface area (Å²) in [5.74, 6) is -0.477. The number of hydrogen-bond donors (Lipinski definition) is 2. The highest BCUT2D eigenvalue weighted by molar-refractivity contribution is 5.95. The number of aromatic nitrogens is 2. The van der Waals surface area contributed by atoms with Crippen LogP contribution in [0.25, 0.3) is 16.9 Å². The van der Waals surface area contributed by atoms with E-state index in [1.807, 2.05) is 31.2 Å². The van der Waals surface area contributed by atoms with E-state index in [0.29, 0.717) is 17.0 Å². The molecule has 20 heavy (non-hydrogen) atoms. The summed E-state index contributed by atoms with van der Waals surface area (Å²) in [6.07, 6.45) is 1.68. The number of pyridine rings is 1. The van der Waals surface area contributed by atoms with Crippen LogP contribution in [0.15, 0.2) is 42.6 Å². The zero-order valence-electron chi connectivity index (χ0n) is 10.9. The van der Waals surface area contributed by atoms with Crippen molar-refractivity contribution < 1.29 is 9.90 Å². The quantitative estimate of drug-likeness (QED) is 0.747. The van der Waals surface area contributed by atoms with E-state index < -0.39 is 5.97 Å². The van der Waals surface area contributed by atoms with Crippen LogP contribution in [0.2, 0.25) is 0 Å². The molecule has 2 aromatic heterocycles. The lowest BCUT2D eigenvalue weighted by atomic mass is 10.1. The maximum absolute atomic E-state index is 11.3. The van der Waals surface area contributed by atoms with Crippen LogP contribution >= 0.6 is 0 Å². The van der Waals surface area contributed by atoms with Gasteiger partial charge in [-0.3, -0.25) is 4.40 Å². The average Bonchev–Trinajstić information content (AvgIpc) is 2.78. The summed E-state index contributed by atoms with van der Waals surface area (Å²) in [7, 11) is 0. The number of rotatable bonds is 2. The number of anilines is 1. The lowest BCUT2D eigenvalue weighted by Gasteiger charge is -2.03. The van der Waals surface area contributed by atoms with Crippen molar-refractivity contribution in [1.29, 1.82) is 0 Å². The first-order valence-corrected chi connectivity index (χ1v) is 6.14. The van der Waals surface area contributed by atoms with E-state index in [9.17, 15) is 9.90 Å². The van der Waals surface area contributed by atoms with Crippen molar-refractivity contribution in [1.82, 2.24) is 9.38 Å². The minimum absolute atomic E-state index is 0.0283. The van der Waals surface area contributed by atoms with Crippen LogP contribution in [0, 0.1) is 6.92 Å². The van der Waals surface area contributed by atoms with Gasteiger partial charge in [-0.05, 0) is 19.1 Å². The molecule has 0 saturated heterocycles. The second-order valence-corrected chi connectivity index (χ2v) is 4.67. The van der Waals surface area contributed by atoms with Crippen LogP contribution in [-0.2, 0) is 0 Å². The summed E-state index contributed by atoms with van der Waals surface area (Å²) in [5, 5.41) is 9.25. The average molecular weight is 267 g/mol. The number of carbonyl (C=O) groups is 1. The Balaban J connectivity index is 2.32. The topological polar surface area (TPSA) is 80.6 Å². The number of nitrogens with two attached hydrogens (primary N) is 1. The minimum atomic E-state index is -1.05. The van der Waals surface area contributed by atoms with E-state index in [1.165, 1.54) is 0 Å². The van der Waals surface area contributed by atoms with Crippen molar-refractivity contribution in [3.8, 4) is 11.4 Å². The number of carboxylic acid groups (broad SMARTS) is 1. The minimum Gasteiger partial charge on any atom is -0.476 e. The first-order chi connectivity index (χ1) is 9.56. The Bertz CT molecular complexity index is 804. The molecule has 2 heterocycles. The molecule has 0 aliphatic heterocycles. The van der Waals surface area contributed by atoms with Crippen molar-refractivity contribution in [2.45, 2.75) is 6.92 Å². The molecule has 0 radical (unpaired) electrons. The largest absolute Gasteiger partial charge is 0.476 e. The van der Waals surface area contributed by atoms with Crippen LogP contribution in [0.4, 0.5) is 5.69 Å². The fraction of sp³-hybridized carbons (Fsp3) is 0.0667. The third kappa shape index (κ3) is 1.89. The zero-order valence-corrected chi connectivity index (χ0v) is 10.9. The monoisotopic (exact) mass is 267 g/mol. The van der Waals surface area contributed by atoms with Gasteiger partial charge in [0.2, 0.25) is 0 Å². The van der Waals surface area contributed by atoms with Gasteiger partial charge in [-0.25, -0.2) is 9.78 Å². The molecule has 0 amide bonds. The summed E-state index contributed by atoms with van der Waals surface area (Å²) in [6.45, 7) is 1.99. The van der Waals surface area contributed by atoms with Gasteiger partial charge in [0, 0.05) is 17.4 Å².